The van der Waals surface area contributed by atoms with E-state index >= 15 is 0 Å². The molecule has 2 aromatic carbocycles. The first-order chi connectivity index (χ1) is 15.4. The second-order valence-electron chi connectivity index (χ2n) is 8.33. The van der Waals surface area contributed by atoms with E-state index in [1.807, 2.05) is 38.1 Å². The van der Waals surface area contributed by atoms with Crippen molar-refractivity contribution in [3.05, 3.63) is 53.6 Å². The average molecular weight is 452 g/mol. The number of aryl methyl sites for hydroxylation is 2. The first-order valence-corrected chi connectivity index (χ1v) is 12.3. The highest BCUT2D eigenvalue weighted by Crippen LogP contribution is 2.35. The van der Waals surface area contributed by atoms with Gasteiger partial charge in [-0.2, -0.15) is 9.29 Å². The van der Waals surface area contributed by atoms with E-state index in [9.17, 15) is 8.42 Å². The van der Waals surface area contributed by atoms with Crippen molar-refractivity contribution in [2.75, 3.05) is 13.1 Å². The monoisotopic (exact) mass is 451 g/mol. The number of rotatable bonds is 4. The molecule has 8 heteroatoms. The normalized spacial score (nSPS) is 15.8. The lowest BCUT2D eigenvalue weighted by atomic mass is 10.1. The minimum atomic E-state index is -3.54. The Hall–Kier alpha value is -2.97. The van der Waals surface area contributed by atoms with Crippen molar-refractivity contribution in [1.29, 1.82) is 0 Å². The summed E-state index contributed by atoms with van der Waals surface area (Å²) < 4.78 is 39.5. The number of hydrogen-bond acceptors (Lipinski definition) is 6. The third-order valence-corrected chi connectivity index (χ3v) is 7.90. The molecule has 4 aromatic rings. The largest absolute Gasteiger partial charge is 0.451 e. The molecule has 7 nitrogen and oxygen atoms in total. The van der Waals surface area contributed by atoms with Gasteiger partial charge < -0.3 is 8.94 Å². The van der Waals surface area contributed by atoms with E-state index in [-0.39, 0.29) is 10.8 Å². The smallest absolute Gasteiger partial charge is 0.294 e. The average Bonchev–Trinajstić information content (AvgIpc) is 3.28. The second kappa shape index (κ2) is 8.18. The van der Waals surface area contributed by atoms with E-state index in [1.165, 1.54) is 0 Å². The highest BCUT2D eigenvalue weighted by Gasteiger charge is 2.27. The van der Waals surface area contributed by atoms with Crippen molar-refractivity contribution in [2.24, 2.45) is 0 Å². The van der Waals surface area contributed by atoms with Gasteiger partial charge in [-0.05, 0) is 51.0 Å². The van der Waals surface area contributed by atoms with Crippen LogP contribution in [0.15, 0.2) is 56.3 Å². The van der Waals surface area contributed by atoms with Gasteiger partial charge in [0.05, 0.1) is 4.90 Å². The molecule has 1 aliphatic rings. The minimum absolute atomic E-state index is 0.270. The van der Waals surface area contributed by atoms with Crippen LogP contribution in [0.4, 0.5) is 0 Å². The first kappa shape index (κ1) is 20.9. The number of nitrogens with zero attached hydrogens (tertiary/aromatic N) is 3. The number of furan rings is 1. The topological polar surface area (TPSA) is 89.4 Å². The molecule has 0 aliphatic carbocycles. The second-order valence-corrected chi connectivity index (χ2v) is 10.3. The summed E-state index contributed by atoms with van der Waals surface area (Å²) in [7, 11) is -3.54. The van der Waals surface area contributed by atoms with Crippen molar-refractivity contribution in [3.63, 3.8) is 0 Å². The molecular weight excluding hydrogens is 426 g/mol. The van der Waals surface area contributed by atoms with Gasteiger partial charge in [-0.15, -0.1) is 0 Å². The van der Waals surface area contributed by atoms with E-state index in [0.29, 0.717) is 30.3 Å². The van der Waals surface area contributed by atoms with Crippen LogP contribution in [0, 0.1) is 13.8 Å². The molecular formula is C24H25N3O4S. The molecule has 166 valence electrons. The summed E-state index contributed by atoms with van der Waals surface area (Å²) >= 11 is 0. The lowest BCUT2D eigenvalue weighted by Crippen LogP contribution is -2.31. The number of hydrogen-bond donors (Lipinski definition) is 0. The fraction of sp³-hybridized carbons (Fsp3) is 0.333. The molecule has 0 atom stereocenters. The summed E-state index contributed by atoms with van der Waals surface area (Å²) in [6.07, 6.45) is 3.95. The van der Waals surface area contributed by atoms with E-state index in [1.54, 1.807) is 22.5 Å². The zero-order valence-corrected chi connectivity index (χ0v) is 19.0. The fourth-order valence-electron chi connectivity index (χ4n) is 4.21. The van der Waals surface area contributed by atoms with E-state index in [4.69, 9.17) is 8.94 Å². The lowest BCUT2D eigenvalue weighted by molar-refractivity contribution is 0.419. The molecule has 1 fully saturated rings. The van der Waals surface area contributed by atoms with Gasteiger partial charge in [-0.3, -0.25) is 0 Å². The molecule has 5 rings (SSSR count). The third-order valence-electron chi connectivity index (χ3n) is 6.01. The number of benzene rings is 2. The molecule has 0 saturated carbocycles. The van der Waals surface area contributed by atoms with Crippen LogP contribution in [0.25, 0.3) is 34.0 Å². The van der Waals surface area contributed by atoms with Gasteiger partial charge in [0, 0.05) is 29.6 Å². The molecule has 32 heavy (non-hydrogen) atoms. The summed E-state index contributed by atoms with van der Waals surface area (Å²) in [5, 5.41) is 4.82. The SMILES string of the molecule is Cc1cccc(-c2noc(-c3oc4ccc(S(=O)(=O)N5CCCCCC5)cc4c3C)n2)c1. The molecule has 3 heterocycles. The van der Waals surface area contributed by atoms with Gasteiger partial charge in [0.1, 0.15) is 5.58 Å². The maximum Gasteiger partial charge on any atom is 0.294 e. The van der Waals surface area contributed by atoms with Crippen molar-refractivity contribution in [2.45, 2.75) is 44.4 Å². The van der Waals surface area contributed by atoms with Crippen molar-refractivity contribution in [3.8, 4) is 23.0 Å². The molecule has 0 radical (unpaired) electrons. The summed E-state index contributed by atoms with van der Waals surface area (Å²) in [5.74, 6) is 1.20. The van der Waals surface area contributed by atoms with Crippen LogP contribution in [0.3, 0.4) is 0 Å². The van der Waals surface area contributed by atoms with Crippen LogP contribution in [0.1, 0.15) is 36.8 Å². The summed E-state index contributed by atoms with van der Waals surface area (Å²) in [6, 6.07) is 12.9. The quantitative estimate of drug-likeness (QED) is 0.416. The van der Waals surface area contributed by atoms with Gasteiger partial charge in [0.2, 0.25) is 15.8 Å². The van der Waals surface area contributed by atoms with Crippen LogP contribution in [0.2, 0.25) is 0 Å². The maximum absolute atomic E-state index is 13.2. The van der Waals surface area contributed by atoms with Crippen LogP contribution in [-0.4, -0.2) is 36.0 Å². The Bertz CT molecular complexity index is 1380. The Balaban J connectivity index is 1.51. The highest BCUT2D eigenvalue weighted by molar-refractivity contribution is 7.89. The fourth-order valence-corrected chi connectivity index (χ4v) is 5.76. The number of sulfonamides is 1. The predicted octanol–water partition coefficient (Wildman–Crippen LogP) is 5.33. The van der Waals surface area contributed by atoms with Gasteiger partial charge in [0.15, 0.2) is 5.76 Å². The molecule has 0 unspecified atom stereocenters. The van der Waals surface area contributed by atoms with Crippen molar-refractivity contribution < 1.29 is 17.4 Å². The summed E-state index contributed by atoms with van der Waals surface area (Å²) in [6.45, 7) is 5.02. The summed E-state index contributed by atoms with van der Waals surface area (Å²) in [5.41, 5.74) is 3.32. The van der Waals surface area contributed by atoms with E-state index < -0.39 is 10.0 Å². The Kier molecular flexibility index (Phi) is 5.35. The Labute approximate surface area is 187 Å². The molecule has 0 spiro atoms. The molecule has 0 amide bonds. The maximum atomic E-state index is 13.2. The molecule has 1 aliphatic heterocycles. The lowest BCUT2D eigenvalue weighted by Gasteiger charge is -2.19. The Morgan fingerprint density at radius 1 is 0.969 bits per heavy atom. The van der Waals surface area contributed by atoms with Gasteiger partial charge >= 0.3 is 0 Å². The Morgan fingerprint density at radius 3 is 2.50 bits per heavy atom. The Morgan fingerprint density at radius 2 is 1.75 bits per heavy atom. The van der Waals surface area contributed by atoms with Gasteiger partial charge in [-0.25, -0.2) is 8.42 Å². The molecule has 1 saturated heterocycles. The third kappa shape index (κ3) is 3.73. The van der Waals surface area contributed by atoms with Crippen LogP contribution < -0.4 is 0 Å². The zero-order valence-electron chi connectivity index (χ0n) is 18.2. The zero-order chi connectivity index (χ0) is 22.3. The predicted molar refractivity (Wildman–Crippen MR) is 122 cm³/mol. The standard InChI is InChI=1S/C24H25N3O4S/c1-16-8-7-9-18(14-16)23-25-24(31-26-23)22-17(2)20-15-19(10-11-21(20)30-22)32(28,29)27-12-5-3-4-6-13-27/h7-11,14-15H,3-6,12-13H2,1-2H3. The van der Waals surface area contributed by atoms with Gasteiger partial charge in [0.25, 0.3) is 5.89 Å². The molecule has 0 bridgehead atoms. The first-order valence-electron chi connectivity index (χ1n) is 10.9. The highest BCUT2D eigenvalue weighted by atomic mass is 32.2. The van der Waals surface area contributed by atoms with Crippen LogP contribution in [-0.2, 0) is 10.0 Å². The minimum Gasteiger partial charge on any atom is -0.451 e. The van der Waals surface area contributed by atoms with Crippen molar-refractivity contribution >= 4 is 21.0 Å². The summed E-state index contributed by atoms with van der Waals surface area (Å²) in [4.78, 5) is 4.79. The van der Waals surface area contributed by atoms with E-state index in [2.05, 4.69) is 10.1 Å². The van der Waals surface area contributed by atoms with Gasteiger partial charge in [-0.1, -0.05) is 41.8 Å². The van der Waals surface area contributed by atoms with Crippen molar-refractivity contribution in [1.82, 2.24) is 14.4 Å². The van der Waals surface area contributed by atoms with Crippen LogP contribution >= 0.6 is 0 Å². The number of fused-ring (bicyclic) bond motifs is 1. The van der Waals surface area contributed by atoms with E-state index in [0.717, 1.165) is 47.8 Å². The molecule has 0 N–H and O–H groups in total. The van der Waals surface area contributed by atoms with Crippen LogP contribution in [0.5, 0.6) is 0 Å². The number of aromatic nitrogens is 2. The molecule has 2 aromatic heterocycles.